The Morgan fingerprint density at radius 3 is 2.27 bits per heavy atom. The number of ether oxygens (including phenoxy) is 3. The maximum absolute atomic E-state index is 13.1. The van der Waals surface area contributed by atoms with E-state index in [0.717, 1.165) is 33.8 Å². The van der Waals surface area contributed by atoms with E-state index in [1.807, 2.05) is 49.7 Å². The van der Waals surface area contributed by atoms with Crippen molar-refractivity contribution in [2.75, 3.05) is 44.8 Å². The number of benzene rings is 1. The first-order valence-electron chi connectivity index (χ1n) is 15.5. The molecule has 1 unspecified atom stereocenters. The summed E-state index contributed by atoms with van der Waals surface area (Å²) in [6.07, 6.45) is 3.94. The molecule has 2 aromatic heterocycles. The molecule has 0 bridgehead atoms. The number of esters is 1. The summed E-state index contributed by atoms with van der Waals surface area (Å²) in [5, 5.41) is 0. The second-order valence-corrected chi connectivity index (χ2v) is 13.7. The first-order valence-corrected chi connectivity index (χ1v) is 15.5. The molecule has 0 radical (unpaired) electrons. The second kappa shape index (κ2) is 12.2. The molecule has 240 valence electrons. The van der Waals surface area contributed by atoms with E-state index in [0.29, 0.717) is 38.3 Å². The van der Waals surface area contributed by atoms with Gasteiger partial charge in [0.1, 0.15) is 22.7 Å². The number of nitrogens with zero attached hydrogens (tertiary/aromatic N) is 4. The molecule has 10 nitrogen and oxygen atoms in total. The van der Waals surface area contributed by atoms with Gasteiger partial charge in [0.15, 0.2) is 5.43 Å². The number of anilines is 1. The zero-order valence-electron chi connectivity index (χ0n) is 27.6. The number of carbonyl (C=O) groups excluding carboxylic acids is 2. The number of piperazine rings is 1. The molecule has 1 aromatic carbocycles. The molecule has 5 rings (SSSR count). The summed E-state index contributed by atoms with van der Waals surface area (Å²) >= 11 is 0. The molecule has 1 fully saturated rings. The van der Waals surface area contributed by atoms with Gasteiger partial charge >= 0.3 is 12.1 Å². The van der Waals surface area contributed by atoms with E-state index in [2.05, 4.69) is 31.7 Å². The number of amides is 1. The number of carbonyl (C=O) groups is 2. The smallest absolute Gasteiger partial charge is 0.410 e. The summed E-state index contributed by atoms with van der Waals surface area (Å²) in [7, 11) is 1.63. The average Bonchev–Trinajstić information content (AvgIpc) is 2.98. The lowest BCUT2D eigenvalue weighted by Crippen LogP contribution is -2.50. The molecular formula is C35H44N4O6. The highest BCUT2D eigenvalue weighted by molar-refractivity contribution is 5.90. The van der Waals surface area contributed by atoms with Gasteiger partial charge in [0.2, 0.25) is 0 Å². The SMILES string of the molecule is CCOC(=O)c1cn2c(cc1=O)-c1cc(OC)c(-c3ccc(N4CCN(C(=O)OC(C)(C)C)CC4)nc3)cc1CC2C(C)(C)C. The quantitative estimate of drug-likeness (QED) is 0.324. The Morgan fingerprint density at radius 1 is 0.978 bits per heavy atom. The molecule has 10 heteroatoms. The zero-order chi connectivity index (χ0) is 32.7. The largest absolute Gasteiger partial charge is 0.496 e. The van der Waals surface area contributed by atoms with E-state index < -0.39 is 11.6 Å². The molecule has 0 N–H and O–H groups in total. The van der Waals surface area contributed by atoms with Gasteiger partial charge in [0.05, 0.1) is 19.4 Å². The van der Waals surface area contributed by atoms with Gasteiger partial charge in [-0.1, -0.05) is 20.8 Å². The summed E-state index contributed by atoms with van der Waals surface area (Å²) < 4.78 is 18.6. The van der Waals surface area contributed by atoms with Gasteiger partial charge in [-0.3, -0.25) is 4.79 Å². The lowest BCUT2D eigenvalue weighted by Gasteiger charge is -2.39. The lowest BCUT2D eigenvalue weighted by molar-refractivity contribution is 0.0240. The third-order valence-corrected chi connectivity index (χ3v) is 8.34. The van der Waals surface area contributed by atoms with Crippen LogP contribution >= 0.6 is 0 Å². The van der Waals surface area contributed by atoms with Gasteiger partial charge < -0.3 is 28.6 Å². The van der Waals surface area contributed by atoms with E-state index in [-0.39, 0.29) is 35.1 Å². The molecular weight excluding hydrogens is 572 g/mol. The Balaban J connectivity index is 1.44. The lowest BCUT2D eigenvalue weighted by atomic mass is 9.78. The molecule has 4 heterocycles. The van der Waals surface area contributed by atoms with Crippen molar-refractivity contribution in [3.63, 3.8) is 0 Å². The number of fused-ring (bicyclic) bond motifs is 3. The summed E-state index contributed by atoms with van der Waals surface area (Å²) in [6.45, 7) is 16.5. The van der Waals surface area contributed by atoms with Gasteiger partial charge in [0, 0.05) is 67.4 Å². The molecule has 0 saturated carbocycles. The van der Waals surface area contributed by atoms with Crippen molar-refractivity contribution in [2.24, 2.45) is 5.41 Å². The summed E-state index contributed by atoms with van der Waals surface area (Å²) in [6, 6.07) is 9.69. The van der Waals surface area contributed by atoms with Gasteiger partial charge in [-0.05, 0) is 69.4 Å². The van der Waals surface area contributed by atoms with Crippen molar-refractivity contribution in [3.8, 4) is 28.1 Å². The van der Waals surface area contributed by atoms with Crippen molar-refractivity contribution in [1.29, 1.82) is 0 Å². The number of pyridine rings is 2. The third kappa shape index (κ3) is 6.70. The normalized spacial score (nSPS) is 16.5. The van der Waals surface area contributed by atoms with Gasteiger partial charge in [-0.25, -0.2) is 14.6 Å². The maximum Gasteiger partial charge on any atom is 0.410 e. The van der Waals surface area contributed by atoms with Crippen LogP contribution in [0, 0.1) is 5.41 Å². The topological polar surface area (TPSA) is 103 Å². The van der Waals surface area contributed by atoms with Crippen LogP contribution in [0.25, 0.3) is 22.4 Å². The minimum absolute atomic E-state index is 0.00475. The summed E-state index contributed by atoms with van der Waals surface area (Å²) in [5.74, 6) is 0.903. The van der Waals surface area contributed by atoms with Crippen LogP contribution in [0.1, 0.15) is 70.4 Å². The van der Waals surface area contributed by atoms with Crippen LogP contribution in [-0.4, -0.2) is 72.0 Å². The zero-order valence-corrected chi connectivity index (χ0v) is 27.6. The van der Waals surface area contributed by atoms with Crippen LogP contribution in [0.4, 0.5) is 10.6 Å². The fourth-order valence-corrected chi connectivity index (χ4v) is 6.02. The van der Waals surface area contributed by atoms with Crippen molar-refractivity contribution >= 4 is 17.9 Å². The first kappa shape index (κ1) is 32.1. The fourth-order valence-electron chi connectivity index (χ4n) is 6.02. The minimum atomic E-state index is -0.606. The molecule has 0 aliphatic carbocycles. The van der Waals surface area contributed by atoms with E-state index in [9.17, 15) is 14.4 Å². The fraction of sp³-hybridized carbons (Fsp3) is 0.486. The Morgan fingerprint density at radius 2 is 1.69 bits per heavy atom. The Labute approximate surface area is 264 Å². The molecule has 45 heavy (non-hydrogen) atoms. The van der Waals surface area contributed by atoms with Crippen LogP contribution in [-0.2, 0) is 15.9 Å². The molecule has 2 aliphatic heterocycles. The highest BCUT2D eigenvalue weighted by Crippen LogP contribution is 2.46. The van der Waals surface area contributed by atoms with Crippen molar-refractivity contribution in [2.45, 2.75) is 66.5 Å². The summed E-state index contributed by atoms with van der Waals surface area (Å²) in [4.78, 5) is 46.8. The van der Waals surface area contributed by atoms with Gasteiger partial charge in [-0.2, -0.15) is 0 Å². The van der Waals surface area contributed by atoms with Gasteiger partial charge in [-0.15, -0.1) is 0 Å². The predicted octanol–water partition coefficient (Wildman–Crippen LogP) is 5.96. The number of aromatic nitrogens is 2. The Hall–Kier alpha value is -4.34. The monoisotopic (exact) mass is 616 g/mol. The number of rotatable bonds is 5. The number of hydrogen-bond acceptors (Lipinski definition) is 8. The van der Waals surface area contributed by atoms with Crippen molar-refractivity contribution < 1.29 is 23.8 Å². The van der Waals surface area contributed by atoms with Crippen molar-refractivity contribution in [3.05, 3.63) is 64.1 Å². The van der Waals surface area contributed by atoms with Crippen molar-refractivity contribution in [1.82, 2.24) is 14.5 Å². The standard InChI is InChI=1S/C35H44N4O6/c1-9-44-32(41)26-21-39-27(19-28(26)40)24-18-29(43-8)25(16-23(24)17-30(39)34(2,3)4)22-10-11-31(36-20-22)37-12-14-38(15-13-37)33(42)45-35(5,6)7/h10-11,16,18-21,30H,9,12-15,17H2,1-8H3. The number of methoxy groups -OCH3 is 1. The number of hydrogen-bond donors (Lipinski definition) is 0. The van der Waals surface area contributed by atoms with E-state index in [1.165, 1.54) is 0 Å². The van der Waals surface area contributed by atoms with Crippen LogP contribution in [0.2, 0.25) is 0 Å². The first-order chi connectivity index (χ1) is 21.2. The highest BCUT2D eigenvalue weighted by Gasteiger charge is 2.34. The molecule has 2 aliphatic rings. The van der Waals surface area contributed by atoms with Crippen LogP contribution in [0.15, 0.2) is 47.5 Å². The van der Waals surface area contributed by atoms with E-state index in [1.54, 1.807) is 31.2 Å². The molecule has 1 saturated heterocycles. The minimum Gasteiger partial charge on any atom is -0.496 e. The molecule has 0 spiro atoms. The molecule has 3 aromatic rings. The molecule has 1 amide bonds. The van der Waals surface area contributed by atoms with Crippen LogP contribution in [0.3, 0.4) is 0 Å². The second-order valence-electron chi connectivity index (χ2n) is 13.7. The van der Waals surface area contributed by atoms with Crippen LogP contribution < -0.4 is 15.1 Å². The summed E-state index contributed by atoms with van der Waals surface area (Å²) in [5.41, 5.74) is 3.56. The molecule has 1 atom stereocenters. The average molecular weight is 617 g/mol. The van der Waals surface area contributed by atoms with E-state index >= 15 is 0 Å². The van der Waals surface area contributed by atoms with E-state index in [4.69, 9.17) is 19.2 Å². The Bertz CT molecular complexity index is 1640. The third-order valence-electron chi connectivity index (χ3n) is 8.34. The van der Waals surface area contributed by atoms with Gasteiger partial charge in [0.25, 0.3) is 0 Å². The Kier molecular flexibility index (Phi) is 8.70. The maximum atomic E-state index is 13.1. The van der Waals surface area contributed by atoms with Crippen LogP contribution in [0.5, 0.6) is 5.75 Å². The highest BCUT2D eigenvalue weighted by atomic mass is 16.6. The predicted molar refractivity (Wildman–Crippen MR) is 174 cm³/mol.